The van der Waals surface area contributed by atoms with Gasteiger partial charge in [-0.2, -0.15) is 0 Å². The molecule has 7 nitrogen and oxygen atoms in total. The third-order valence-electron chi connectivity index (χ3n) is 1.42. The molecule has 0 aliphatic carbocycles. The quantitative estimate of drug-likeness (QED) is 0.170. The first kappa shape index (κ1) is 13.3. The van der Waals surface area contributed by atoms with Crippen molar-refractivity contribution in [3.8, 4) is 0 Å². The predicted molar refractivity (Wildman–Crippen MR) is 50.7 cm³/mol. The van der Waals surface area contributed by atoms with Gasteiger partial charge in [-0.15, -0.1) is 0 Å². The molecule has 0 aromatic rings. The van der Waals surface area contributed by atoms with Crippen molar-refractivity contribution in [1.82, 2.24) is 5.32 Å². The Kier molecular flexibility index (Phi) is 6.43. The van der Waals surface area contributed by atoms with Crippen molar-refractivity contribution >= 4 is 11.4 Å². The summed E-state index contributed by atoms with van der Waals surface area (Å²) in [4.78, 5) is 2.64. The number of hydrogen-bond acceptors (Lipinski definition) is 5. The van der Waals surface area contributed by atoms with Crippen molar-refractivity contribution < 1.29 is 12.9 Å². The lowest BCUT2D eigenvalue weighted by atomic mass is 9.94. The van der Waals surface area contributed by atoms with Crippen molar-refractivity contribution in [1.29, 1.82) is 0 Å². The van der Waals surface area contributed by atoms with Crippen molar-refractivity contribution in [2.24, 2.45) is 10.5 Å². The molecule has 0 rings (SSSR count). The van der Waals surface area contributed by atoms with Crippen LogP contribution in [0, 0.1) is 5.41 Å². The van der Waals surface area contributed by atoms with Crippen LogP contribution in [0.3, 0.4) is 0 Å². The van der Waals surface area contributed by atoms with Crippen LogP contribution in [0.2, 0.25) is 0 Å². The lowest BCUT2D eigenvalue weighted by Crippen LogP contribution is -2.33. The second-order valence-electron chi connectivity index (χ2n) is 3.45. The van der Waals surface area contributed by atoms with E-state index in [1.54, 1.807) is 0 Å². The van der Waals surface area contributed by atoms with Gasteiger partial charge in [0, 0.05) is 18.0 Å². The summed E-state index contributed by atoms with van der Waals surface area (Å²) in [5, 5.41) is 6.20. The minimum Gasteiger partial charge on any atom is -0.750 e. The summed E-state index contributed by atoms with van der Waals surface area (Å²) < 4.78 is 24.2. The molecule has 1 atom stereocenters. The lowest BCUT2D eigenvalue weighted by Gasteiger charge is -2.22. The van der Waals surface area contributed by atoms with Gasteiger partial charge >= 0.3 is 0 Å². The SMILES string of the molecule is CC(C)(CN=[N+]=[N-])CNCOS(=O)[O-]. The Morgan fingerprint density at radius 3 is 2.86 bits per heavy atom. The fourth-order valence-electron chi connectivity index (χ4n) is 0.758. The molecule has 0 aliphatic heterocycles. The fraction of sp³-hybridized carbons (Fsp3) is 1.00. The molecule has 8 heteroatoms. The Morgan fingerprint density at radius 1 is 1.71 bits per heavy atom. The Labute approximate surface area is 84.9 Å². The van der Waals surface area contributed by atoms with Gasteiger partial charge in [0.05, 0.1) is 11.4 Å². The summed E-state index contributed by atoms with van der Waals surface area (Å²) >= 11 is -2.49. The van der Waals surface area contributed by atoms with Crippen molar-refractivity contribution in [3.05, 3.63) is 10.4 Å². The van der Waals surface area contributed by atoms with Gasteiger partial charge < -0.3 is 4.55 Å². The molecular weight excluding hydrogens is 208 g/mol. The van der Waals surface area contributed by atoms with E-state index in [9.17, 15) is 8.76 Å². The molecule has 0 aliphatic rings. The second kappa shape index (κ2) is 6.74. The maximum Gasteiger partial charge on any atom is 0.113 e. The summed E-state index contributed by atoms with van der Waals surface area (Å²) in [7, 11) is 0. The van der Waals surface area contributed by atoms with Crippen LogP contribution in [0.15, 0.2) is 5.11 Å². The monoisotopic (exact) mass is 221 g/mol. The van der Waals surface area contributed by atoms with Gasteiger partial charge in [-0.3, -0.25) is 9.50 Å². The molecule has 0 amide bonds. The van der Waals surface area contributed by atoms with Crippen molar-refractivity contribution in [3.63, 3.8) is 0 Å². The zero-order valence-corrected chi connectivity index (χ0v) is 8.91. The minimum atomic E-state index is -2.49. The molecule has 1 unspecified atom stereocenters. The van der Waals surface area contributed by atoms with Crippen molar-refractivity contribution in [2.75, 3.05) is 19.8 Å². The molecule has 1 N–H and O–H groups in total. The maximum atomic E-state index is 9.97. The highest BCUT2D eigenvalue weighted by Gasteiger charge is 2.15. The average molecular weight is 221 g/mol. The zero-order valence-electron chi connectivity index (χ0n) is 8.10. The van der Waals surface area contributed by atoms with E-state index >= 15 is 0 Å². The molecule has 14 heavy (non-hydrogen) atoms. The first-order valence-electron chi connectivity index (χ1n) is 3.92. The van der Waals surface area contributed by atoms with E-state index in [1.165, 1.54) is 0 Å². The summed E-state index contributed by atoms with van der Waals surface area (Å²) in [6, 6.07) is 0. The number of hydrogen-bond donors (Lipinski definition) is 1. The topological polar surface area (TPSA) is 110 Å². The Bertz CT molecular complexity index is 239. The first-order valence-corrected chi connectivity index (χ1v) is 4.92. The number of rotatable bonds is 7. The molecule has 0 aromatic heterocycles. The molecule has 0 radical (unpaired) electrons. The minimum absolute atomic E-state index is 0.0736. The van der Waals surface area contributed by atoms with Crippen LogP contribution in [0.4, 0.5) is 0 Å². The van der Waals surface area contributed by atoms with Gasteiger partial charge in [0.25, 0.3) is 0 Å². The van der Waals surface area contributed by atoms with Crippen LogP contribution in [-0.2, 0) is 15.5 Å². The number of azide groups is 1. The number of nitrogens with one attached hydrogen (secondary N) is 1. The summed E-state index contributed by atoms with van der Waals surface area (Å²) in [6.45, 7) is 4.56. The molecule has 0 bridgehead atoms. The van der Waals surface area contributed by atoms with Crippen LogP contribution in [-0.4, -0.2) is 28.6 Å². The molecule has 0 heterocycles. The van der Waals surface area contributed by atoms with Gasteiger partial charge in [-0.1, -0.05) is 19.0 Å². The van der Waals surface area contributed by atoms with Crippen LogP contribution in [0.1, 0.15) is 13.8 Å². The van der Waals surface area contributed by atoms with E-state index in [0.29, 0.717) is 13.1 Å². The van der Waals surface area contributed by atoms with E-state index in [1.807, 2.05) is 13.8 Å². The standard InChI is InChI=1S/C6H14N4O3S/c1-6(2,4-9-10-7)3-8-5-13-14(11)12/h8H,3-5H2,1-2H3,(H,11,12)/p-1. The highest BCUT2D eigenvalue weighted by molar-refractivity contribution is 7.74. The zero-order chi connectivity index (χ0) is 11.0. The Morgan fingerprint density at radius 2 is 2.36 bits per heavy atom. The first-order chi connectivity index (χ1) is 6.48. The predicted octanol–water partition coefficient (Wildman–Crippen LogP) is 0.681. The summed E-state index contributed by atoms with van der Waals surface area (Å²) in [6.07, 6.45) is 0. The number of nitrogens with zero attached hydrogens (tertiary/aromatic N) is 3. The third-order valence-corrected chi connectivity index (χ3v) is 1.73. The highest BCUT2D eigenvalue weighted by Crippen LogP contribution is 2.13. The summed E-state index contributed by atoms with van der Waals surface area (Å²) in [5.41, 5.74) is 7.88. The van der Waals surface area contributed by atoms with Crippen LogP contribution < -0.4 is 5.32 Å². The van der Waals surface area contributed by atoms with E-state index in [4.69, 9.17) is 5.53 Å². The van der Waals surface area contributed by atoms with Gasteiger partial charge in [-0.05, 0) is 10.9 Å². The second-order valence-corrected chi connectivity index (χ2v) is 4.09. The van der Waals surface area contributed by atoms with Gasteiger partial charge in [0.2, 0.25) is 0 Å². The molecule has 0 aromatic carbocycles. The summed E-state index contributed by atoms with van der Waals surface area (Å²) in [5.74, 6) is 0. The van der Waals surface area contributed by atoms with Crippen LogP contribution in [0.25, 0.3) is 10.4 Å². The largest absolute Gasteiger partial charge is 0.750 e. The van der Waals surface area contributed by atoms with Gasteiger partial charge in [0.1, 0.15) is 6.73 Å². The third kappa shape index (κ3) is 7.96. The fourth-order valence-corrected chi connectivity index (χ4v) is 0.938. The van der Waals surface area contributed by atoms with Crippen LogP contribution in [0.5, 0.6) is 0 Å². The lowest BCUT2D eigenvalue weighted by molar-refractivity contribution is 0.244. The van der Waals surface area contributed by atoms with E-state index < -0.39 is 11.4 Å². The molecular formula is C6H13N4O3S-. The van der Waals surface area contributed by atoms with Crippen LogP contribution >= 0.6 is 0 Å². The average Bonchev–Trinajstić information content (AvgIpc) is 2.09. The van der Waals surface area contributed by atoms with Crippen molar-refractivity contribution in [2.45, 2.75) is 13.8 Å². The van der Waals surface area contributed by atoms with E-state index in [2.05, 4.69) is 19.5 Å². The highest BCUT2D eigenvalue weighted by atomic mass is 32.2. The normalized spacial score (nSPS) is 13.4. The van der Waals surface area contributed by atoms with E-state index in [-0.39, 0.29) is 12.1 Å². The maximum absolute atomic E-state index is 9.97. The van der Waals surface area contributed by atoms with E-state index in [0.717, 1.165) is 0 Å². The van der Waals surface area contributed by atoms with Gasteiger partial charge in [-0.25, -0.2) is 4.21 Å². The Balaban J connectivity index is 3.64. The van der Waals surface area contributed by atoms with Gasteiger partial charge in [0.15, 0.2) is 0 Å². The molecule has 0 spiro atoms. The molecule has 0 saturated carbocycles. The Hall–Kier alpha value is -0.660. The molecule has 0 saturated heterocycles. The smallest absolute Gasteiger partial charge is 0.113 e. The molecule has 0 fully saturated rings. The molecule has 82 valence electrons.